The highest BCUT2D eigenvalue weighted by atomic mass is 32.1. The molecule has 1 nitrogen and oxygen atoms in total. The molecule has 1 heterocycles. The van der Waals surface area contributed by atoms with Crippen molar-refractivity contribution in [2.45, 2.75) is 32.9 Å². The van der Waals surface area contributed by atoms with Gasteiger partial charge in [0.15, 0.2) is 0 Å². The number of nitrogens with zero attached hydrogens (tertiary/aromatic N) is 1. The lowest BCUT2D eigenvalue weighted by molar-refractivity contribution is 0.373. The second-order valence-corrected chi connectivity index (χ2v) is 3.97. The Balaban J connectivity index is 2.82. The summed E-state index contributed by atoms with van der Waals surface area (Å²) in [6.45, 7) is 5.68. The van der Waals surface area contributed by atoms with Crippen LogP contribution < -0.4 is 0 Å². The maximum atomic E-state index is 12.7. The largest absolute Gasteiger partial charge is 0.246 e. The van der Waals surface area contributed by atoms with Crippen LogP contribution in [0.5, 0.6) is 0 Å². The minimum atomic E-state index is -0.924. The van der Waals surface area contributed by atoms with E-state index in [4.69, 9.17) is 0 Å². The summed E-state index contributed by atoms with van der Waals surface area (Å²) in [5, 5.41) is 0.591. The van der Waals surface area contributed by atoms with Gasteiger partial charge in [0.2, 0.25) is 0 Å². The molecule has 1 atom stereocenters. The highest BCUT2D eigenvalue weighted by Crippen LogP contribution is 2.27. The third kappa shape index (κ3) is 1.99. The molecule has 0 aliphatic rings. The van der Waals surface area contributed by atoms with Crippen molar-refractivity contribution in [2.24, 2.45) is 0 Å². The molecule has 1 aromatic heterocycles. The molecule has 1 aromatic rings. The fraction of sp³-hybridized carbons (Fsp3) is 0.625. The third-order valence-electron chi connectivity index (χ3n) is 1.45. The first-order valence-electron chi connectivity index (χ1n) is 3.71. The number of thiazole rings is 1. The van der Waals surface area contributed by atoms with Crippen molar-refractivity contribution < 1.29 is 4.39 Å². The van der Waals surface area contributed by atoms with E-state index in [1.807, 2.05) is 0 Å². The normalized spacial score (nSPS) is 13.9. The van der Waals surface area contributed by atoms with Gasteiger partial charge >= 0.3 is 0 Å². The van der Waals surface area contributed by atoms with Gasteiger partial charge in [0.05, 0.1) is 0 Å². The number of hydrogen-bond acceptors (Lipinski definition) is 2. The first-order valence-corrected chi connectivity index (χ1v) is 4.52. The Hall–Kier alpha value is -0.440. The van der Waals surface area contributed by atoms with Gasteiger partial charge in [-0.2, -0.15) is 0 Å². The summed E-state index contributed by atoms with van der Waals surface area (Å²) in [7, 11) is 0. The first kappa shape index (κ1) is 8.65. The lowest BCUT2D eigenvalue weighted by Gasteiger charge is -1.96. The van der Waals surface area contributed by atoms with E-state index in [0.29, 0.717) is 10.9 Å². The molecule has 0 saturated heterocycles. The Morgan fingerprint density at radius 3 is 2.36 bits per heavy atom. The quantitative estimate of drug-likeness (QED) is 0.668. The summed E-state index contributed by atoms with van der Waals surface area (Å²) >= 11 is 1.46. The van der Waals surface area contributed by atoms with E-state index in [1.54, 1.807) is 6.20 Å². The van der Waals surface area contributed by atoms with Crippen LogP contribution in [-0.4, -0.2) is 4.98 Å². The van der Waals surface area contributed by atoms with Crippen molar-refractivity contribution in [3.05, 3.63) is 16.1 Å². The lowest BCUT2D eigenvalue weighted by Crippen LogP contribution is -1.79. The predicted molar refractivity (Wildman–Crippen MR) is 45.7 cm³/mol. The summed E-state index contributed by atoms with van der Waals surface area (Å²) in [5.74, 6) is 0.458. The molecule has 1 rings (SSSR count). The Bertz CT molecular complexity index is 207. The molecule has 11 heavy (non-hydrogen) atoms. The molecule has 0 aliphatic heterocycles. The molecule has 0 bridgehead atoms. The summed E-state index contributed by atoms with van der Waals surface area (Å²) in [6, 6.07) is 0. The van der Waals surface area contributed by atoms with E-state index in [2.05, 4.69) is 18.8 Å². The molecule has 0 fully saturated rings. The fourth-order valence-corrected chi connectivity index (χ4v) is 1.60. The first-order chi connectivity index (χ1) is 5.11. The second-order valence-electron chi connectivity index (χ2n) is 2.87. The molecule has 0 aliphatic carbocycles. The number of rotatable bonds is 2. The molecule has 0 saturated carbocycles. The van der Waals surface area contributed by atoms with Crippen molar-refractivity contribution in [3.8, 4) is 0 Å². The van der Waals surface area contributed by atoms with Gasteiger partial charge in [0, 0.05) is 11.1 Å². The maximum absolute atomic E-state index is 12.7. The molecule has 0 radical (unpaired) electrons. The minimum absolute atomic E-state index is 0.458. The fourth-order valence-electron chi connectivity index (χ4n) is 0.752. The van der Waals surface area contributed by atoms with Gasteiger partial charge in [-0.25, -0.2) is 9.37 Å². The minimum Gasteiger partial charge on any atom is -0.246 e. The van der Waals surface area contributed by atoms with Gasteiger partial charge in [0.1, 0.15) is 11.2 Å². The summed E-state index contributed by atoms with van der Waals surface area (Å²) in [4.78, 5) is 5.14. The predicted octanol–water partition coefficient (Wildman–Crippen LogP) is 3.30. The van der Waals surface area contributed by atoms with Gasteiger partial charge in [-0.15, -0.1) is 11.3 Å². The zero-order chi connectivity index (χ0) is 8.43. The van der Waals surface area contributed by atoms with Gasteiger partial charge in [-0.3, -0.25) is 0 Å². The number of aromatic nitrogens is 1. The Kier molecular flexibility index (Phi) is 2.60. The smallest absolute Gasteiger partial charge is 0.149 e. The van der Waals surface area contributed by atoms with Crippen molar-refractivity contribution in [1.82, 2.24) is 4.98 Å². The highest BCUT2D eigenvalue weighted by Gasteiger charge is 2.09. The summed E-state index contributed by atoms with van der Waals surface area (Å²) in [5.41, 5.74) is 0. The molecule has 62 valence electrons. The zero-order valence-corrected chi connectivity index (χ0v) is 7.78. The molecule has 0 amide bonds. The van der Waals surface area contributed by atoms with Gasteiger partial charge in [-0.05, 0) is 12.8 Å². The number of hydrogen-bond donors (Lipinski definition) is 0. The van der Waals surface area contributed by atoms with Crippen molar-refractivity contribution >= 4 is 11.3 Å². The van der Waals surface area contributed by atoms with Crippen LogP contribution in [0.15, 0.2) is 6.20 Å². The van der Waals surface area contributed by atoms with E-state index in [0.717, 1.165) is 4.88 Å². The van der Waals surface area contributed by atoms with Gasteiger partial charge in [0.25, 0.3) is 0 Å². The van der Waals surface area contributed by atoms with Crippen molar-refractivity contribution in [2.75, 3.05) is 0 Å². The third-order valence-corrected chi connectivity index (χ3v) is 2.90. The van der Waals surface area contributed by atoms with E-state index < -0.39 is 6.17 Å². The average Bonchev–Trinajstić information content (AvgIpc) is 2.33. The second kappa shape index (κ2) is 3.30. The van der Waals surface area contributed by atoms with E-state index in [1.165, 1.54) is 18.3 Å². The molecule has 0 spiro atoms. The van der Waals surface area contributed by atoms with Gasteiger partial charge in [-0.1, -0.05) is 13.8 Å². The topological polar surface area (TPSA) is 12.9 Å². The van der Waals surface area contributed by atoms with Crippen LogP contribution in [0.25, 0.3) is 0 Å². The van der Waals surface area contributed by atoms with Crippen LogP contribution in [0, 0.1) is 0 Å². The summed E-state index contributed by atoms with van der Waals surface area (Å²) in [6.07, 6.45) is 0.841. The standard InChI is InChI=1S/C8H12FNS/c1-5(2)7-4-10-8(11-7)6(3)9/h4-6H,1-3H3. The van der Waals surface area contributed by atoms with E-state index in [9.17, 15) is 4.39 Å². The van der Waals surface area contributed by atoms with Crippen LogP contribution in [0.3, 0.4) is 0 Å². The molecular weight excluding hydrogens is 161 g/mol. The number of alkyl halides is 1. The molecule has 1 unspecified atom stereocenters. The van der Waals surface area contributed by atoms with Crippen LogP contribution in [-0.2, 0) is 0 Å². The number of halogens is 1. The summed E-state index contributed by atoms with van der Waals surface area (Å²) < 4.78 is 12.7. The van der Waals surface area contributed by atoms with Crippen LogP contribution in [0.4, 0.5) is 4.39 Å². The molecule has 0 aromatic carbocycles. The Morgan fingerprint density at radius 2 is 2.09 bits per heavy atom. The molecule has 3 heteroatoms. The van der Waals surface area contributed by atoms with Crippen LogP contribution >= 0.6 is 11.3 Å². The molecule has 0 N–H and O–H groups in total. The van der Waals surface area contributed by atoms with Crippen LogP contribution in [0.2, 0.25) is 0 Å². The SMILES string of the molecule is CC(C)c1cnc(C(C)F)s1. The zero-order valence-electron chi connectivity index (χ0n) is 6.97. The van der Waals surface area contributed by atoms with E-state index >= 15 is 0 Å². The lowest BCUT2D eigenvalue weighted by atomic mass is 10.2. The average molecular weight is 173 g/mol. The maximum Gasteiger partial charge on any atom is 0.149 e. The highest BCUT2D eigenvalue weighted by molar-refractivity contribution is 7.11. The van der Waals surface area contributed by atoms with Crippen LogP contribution in [0.1, 0.15) is 42.7 Å². The Labute approximate surface area is 70.3 Å². The molecular formula is C8H12FNS. The monoisotopic (exact) mass is 173 g/mol. The Morgan fingerprint density at radius 1 is 1.45 bits per heavy atom. The van der Waals surface area contributed by atoms with E-state index in [-0.39, 0.29) is 0 Å². The van der Waals surface area contributed by atoms with Gasteiger partial charge < -0.3 is 0 Å². The van der Waals surface area contributed by atoms with Crippen molar-refractivity contribution in [1.29, 1.82) is 0 Å². The van der Waals surface area contributed by atoms with Crippen molar-refractivity contribution in [3.63, 3.8) is 0 Å².